The summed E-state index contributed by atoms with van der Waals surface area (Å²) >= 11 is 1.69. The van der Waals surface area contributed by atoms with Gasteiger partial charge in [0.2, 0.25) is 11.8 Å². The Bertz CT molecular complexity index is 468. The predicted octanol–water partition coefficient (Wildman–Crippen LogP) is 1.76. The van der Waals surface area contributed by atoms with Crippen molar-refractivity contribution in [2.75, 3.05) is 13.1 Å². The largest absolute Gasteiger partial charge is 0.345 e. The van der Waals surface area contributed by atoms with E-state index in [0.717, 1.165) is 0 Å². The molecule has 1 aromatic heterocycles. The monoisotopic (exact) mass is 280 g/mol. The van der Waals surface area contributed by atoms with Crippen LogP contribution in [0.4, 0.5) is 0 Å². The second-order valence-corrected chi connectivity index (χ2v) is 6.47. The van der Waals surface area contributed by atoms with Crippen LogP contribution in [0.1, 0.15) is 32.1 Å². The van der Waals surface area contributed by atoms with Gasteiger partial charge in [0, 0.05) is 16.8 Å². The van der Waals surface area contributed by atoms with Gasteiger partial charge in [0.15, 0.2) is 0 Å². The summed E-state index contributed by atoms with van der Waals surface area (Å²) in [5, 5.41) is 4.70. The number of amides is 2. The van der Waals surface area contributed by atoms with Gasteiger partial charge in [0.1, 0.15) is 6.04 Å². The third-order valence-electron chi connectivity index (χ3n) is 3.55. The van der Waals surface area contributed by atoms with Crippen LogP contribution in [-0.2, 0) is 15.0 Å². The minimum Gasteiger partial charge on any atom is -0.345 e. The maximum atomic E-state index is 12.1. The topological polar surface area (TPSA) is 49.4 Å². The molecule has 1 fully saturated rings. The van der Waals surface area contributed by atoms with Gasteiger partial charge in [0.05, 0.1) is 6.54 Å². The highest BCUT2D eigenvalue weighted by Gasteiger charge is 2.37. The first-order valence-corrected chi connectivity index (χ1v) is 7.45. The quantitative estimate of drug-likeness (QED) is 0.913. The highest BCUT2D eigenvalue weighted by atomic mass is 32.1. The van der Waals surface area contributed by atoms with Crippen molar-refractivity contribution in [2.45, 2.75) is 38.6 Å². The molecule has 0 aliphatic carbocycles. The zero-order valence-electron chi connectivity index (χ0n) is 11.6. The number of thiophene rings is 1. The summed E-state index contributed by atoms with van der Waals surface area (Å²) in [5.74, 6) is -0.0276. The third kappa shape index (κ3) is 2.81. The van der Waals surface area contributed by atoms with Crippen LogP contribution in [0.3, 0.4) is 0 Å². The molecule has 2 heterocycles. The zero-order chi connectivity index (χ0) is 14.0. The van der Waals surface area contributed by atoms with Crippen LogP contribution in [0, 0.1) is 0 Å². The van der Waals surface area contributed by atoms with E-state index in [1.54, 1.807) is 16.2 Å². The van der Waals surface area contributed by atoms with E-state index in [1.807, 2.05) is 18.4 Å². The summed E-state index contributed by atoms with van der Waals surface area (Å²) in [6.07, 6.45) is 0.651. The molecule has 0 spiro atoms. The molecule has 1 aliphatic rings. The van der Waals surface area contributed by atoms with Crippen LogP contribution in [0.2, 0.25) is 0 Å². The average molecular weight is 280 g/mol. The second-order valence-electron chi connectivity index (χ2n) is 5.52. The van der Waals surface area contributed by atoms with Crippen LogP contribution in [0.15, 0.2) is 17.5 Å². The van der Waals surface area contributed by atoms with E-state index in [-0.39, 0.29) is 29.8 Å². The van der Waals surface area contributed by atoms with Crippen molar-refractivity contribution < 1.29 is 9.59 Å². The molecule has 1 unspecified atom stereocenters. The summed E-state index contributed by atoms with van der Waals surface area (Å²) in [6, 6.07) is 3.77. The minimum atomic E-state index is -0.333. The molecule has 4 nitrogen and oxygen atoms in total. The lowest BCUT2D eigenvalue weighted by molar-refractivity contribution is -0.146. The Balaban J connectivity index is 2.19. The summed E-state index contributed by atoms with van der Waals surface area (Å²) in [4.78, 5) is 26.9. The van der Waals surface area contributed by atoms with Crippen LogP contribution in [0.25, 0.3) is 0 Å². The third-order valence-corrected chi connectivity index (χ3v) is 4.79. The van der Waals surface area contributed by atoms with E-state index >= 15 is 0 Å². The molecule has 1 aromatic rings. The Kier molecular flexibility index (Phi) is 3.94. The van der Waals surface area contributed by atoms with Gasteiger partial charge in [-0.2, -0.15) is 0 Å². The van der Waals surface area contributed by atoms with E-state index in [9.17, 15) is 9.59 Å². The molecule has 0 aromatic carbocycles. The Morgan fingerprint density at radius 3 is 2.79 bits per heavy atom. The second kappa shape index (κ2) is 5.33. The number of nitrogens with zero attached hydrogens (tertiary/aromatic N) is 1. The van der Waals surface area contributed by atoms with Gasteiger partial charge in [-0.25, -0.2) is 0 Å². The van der Waals surface area contributed by atoms with E-state index < -0.39 is 0 Å². The molecular weight excluding hydrogens is 260 g/mol. The van der Waals surface area contributed by atoms with Gasteiger partial charge in [-0.1, -0.05) is 26.8 Å². The van der Waals surface area contributed by atoms with Gasteiger partial charge >= 0.3 is 0 Å². The van der Waals surface area contributed by atoms with Crippen LogP contribution in [0.5, 0.6) is 0 Å². The fourth-order valence-corrected chi connectivity index (χ4v) is 3.31. The van der Waals surface area contributed by atoms with Gasteiger partial charge in [-0.15, -0.1) is 11.3 Å². The molecule has 2 amide bonds. The Labute approximate surface area is 117 Å². The zero-order valence-corrected chi connectivity index (χ0v) is 12.4. The molecule has 0 bridgehead atoms. The Morgan fingerprint density at radius 1 is 1.47 bits per heavy atom. The fraction of sp³-hybridized carbons (Fsp3) is 0.571. The first kappa shape index (κ1) is 14.1. The number of carbonyl (C=O) groups excluding carboxylic acids is 2. The Morgan fingerprint density at radius 2 is 2.21 bits per heavy atom. The highest BCUT2D eigenvalue weighted by molar-refractivity contribution is 7.10. The summed E-state index contributed by atoms with van der Waals surface area (Å²) in [6.45, 7) is 6.87. The normalized spacial score (nSPS) is 20.6. The van der Waals surface area contributed by atoms with Gasteiger partial charge in [0.25, 0.3) is 0 Å². The summed E-state index contributed by atoms with van der Waals surface area (Å²) in [5.41, 5.74) is -0.130. The molecule has 2 rings (SSSR count). The van der Waals surface area contributed by atoms with Crippen LogP contribution in [-0.4, -0.2) is 35.8 Å². The number of piperazine rings is 1. The number of hydrogen-bond donors (Lipinski definition) is 1. The summed E-state index contributed by atoms with van der Waals surface area (Å²) in [7, 11) is 0. The first-order valence-electron chi connectivity index (χ1n) is 6.57. The van der Waals surface area contributed by atoms with Crippen molar-refractivity contribution >= 4 is 23.2 Å². The van der Waals surface area contributed by atoms with Crippen molar-refractivity contribution in [3.8, 4) is 0 Å². The van der Waals surface area contributed by atoms with Crippen LogP contribution >= 0.6 is 11.3 Å². The molecule has 1 atom stereocenters. The van der Waals surface area contributed by atoms with E-state index in [1.165, 1.54) is 4.88 Å². The molecule has 1 saturated heterocycles. The van der Waals surface area contributed by atoms with Crippen molar-refractivity contribution in [3.05, 3.63) is 22.4 Å². The van der Waals surface area contributed by atoms with E-state index in [0.29, 0.717) is 13.0 Å². The number of hydrogen-bond acceptors (Lipinski definition) is 3. The SMILES string of the molecule is CCC1C(=O)NCC(=O)N1CC(C)(C)c1cccs1. The van der Waals surface area contributed by atoms with E-state index in [2.05, 4.69) is 25.2 Å². The molecule has 1 aliphatic heterocycles. The highest BCUT2D eigenvalue weighted by Crippen LogP contribution is 2.29. The molecular formula is C14H20N2O2S. The molecule has 0 radical (unpaired) electrons. The summed E-state index contributed by atoms with van der Waals surface area (Å²) < 4.78 is 0. The number of rotatable bonds is 4. The van der Waals surface area contributed by atoms with Crippen molar-refractivity contribution in [3.63, 3.8) is 0 Å². The Hall–Kier alpha value is -1.36. The molecule has 1 N–H and O–H groups in total. The molecule has 5 heteroatoms. The average Bonchev–Trinajstić information content (AvgIpc) is 2.88. The molecule has 104 valence electrons. The standard InChI is InChI=1S/C14H20N2O2S/c1-4-10-13(18)15-8-12(17)16(10)9-14(2,3)11-6-5-7-19-11/h5-7,10H,4,8-9H2,1-3H3,(H,15,18). The van der Waals surface area contributed by atoms with Crippen LogP contribution < -0.4 is 5.32 Å². The van der Waals surface area contributed by atoms with Gasteiger partial charge in [-0.05, 0) is 17.9 Å². The lowest BCUT2D eigenvalue weighted by Gasteiger charge is -2.39. The number of nitrogens with one attached hydrogen (secondary N) is 1. The van der Waals surface area contributed by atoms with Gasteiger partial charge in [-0.3, -0.25) is 9.59 Å². The molecule has 0 saturated carbocycles. The lowest BCUT2D eigenvalue weighted by Crippen LogP contribution is -2.60. The maximum Gasteiger partial charge on any atom is 0.243 e. The molecule has 19 heavy (non-hydrogen) atoms. The van der Waals surface area contributed by atoms with Crippen molar-refractivity contribution in [1.82, 2.24) is 10.2 Å². The smallest absolute Gasteiger partial charge is 0.243 e. The lowest BCUT2D eigenvalue weighted by atomic mass is 9.89. The van der Waals surface area contributed by atoms with Crippen molar-refractivity contribution in [2.24, 2.45) is 0 Å². The maximum absolute atomic E-state index is 12.1. The fourth-order valence-electron chi connectivity index (χ4n) is 2.47. The minimum absolute atomic E-state index is 0.0103. The van der Waals surface area contributed by atoms with Crippen molar-refractivity contribution in [1.29, 1.82) is 0 Å². The van der Waals surface area contributed by atoms with E-state index in [4.69, 9.17) is 0 Å². The number of carbonyl (C=O) groups is 2. The van der Waals surface area contributed by atoms with Gasteiger partial charge < -0.3 is 10.2 Å². The first-order chi connectivity index (χ1) is 8.95. The predicted molar refractivity (Wildman–Crippen MR) is 76.1 cm³/mol.